The summed E-state index contributed by atoms with van der Waals surface area (Å²) in [6.07, 6.45) is 13.0. The molecule has 2 rings (SSSR count). The lowest BCUT2D eigenvalue weighted by Crippen LogP contribution is -2.44. The van der Waals surface area contributed by atoms with Crippen LogP contribution in [0.5, 0.6) is 0 Å². The van der Waals surface area contributed by atoms with Gasteiger partial charge in [0, 0.05) is 12.1 Å². The molecule has 2 saturated carbocycles. The van der Waals surface area contributed by atoms with Gasteiger partial charge in [0.1, 0.15) is 0 Å². The summed E-state index contributed by atoms with van der Waals surface area (Å²) in [6, 6.07) is 1.66. The van der Waals surface area contributed by atoms with Crippen molar-refractivity contribution in [2.24, 2.45) is 11.8 Å². The molecule has 2 fully saturated rings. The molecule has 0 aromatic carbocycles. The third-order valence-corrected chi connectivity index (χ3v) is 4.74. The van der Waals surface area contributed by atoms with Crippen LogP contribution in [0.4, 0.5) is 0 Å². The highest BCUT2D eigenvalue weighted by atomic mass is 15.0. The Kier molecular flexibility index (Phi) is 4.69. The maximum Gasteiger partial charge on any atom is 0.00954 e. The molecule has 0 heterocycles. The summed E-state index contributed by atoms with van der Waals surface area (Å²) in [6.45, 7) is 4.86. The van der Waals surface area contributed by atoms with Crippen LogP contribution in [-0.2, 0) is 0 Å². The molecule has 0 bridgehead atoms. The quantitative estimate of drug-likeness (QED) is 0.694. The van der Waals surface area contributed by atoms with Crippen LogP contribution in [0.2, 0.25) is 0 Å². The van der Waals surface area contributed by atoms with Gasteiger partial charge in [-0.2, -0.15) is 0 Å². The number of rotatable bonds is 2. The molecule has 0 radical (unpaired) electrons. The van der Waals surface area contributed by atoms with Crippen molar-refractivity contribution in [1.29, 1.82) is 0 Å². The third kappa shape index (κ3) is 3.48. The summed E-state index contributed by atoms with van der Waals surface area (Å²) in [5.41, 5.74) is 0. The molecule has 0 spiro atoms. The fourth-order valence-electron chi connectivity index (χ4n) is 3.66. The predicted octanol–water partition coefficient (Wildman–Crippen LogP) is 4.12. The molecule has 0 amide bonds. The Labute approximate surface area is 101 Å². The van der Waals surface area contributed by atoms with Gasteiger partial charge in [-0.05, 0) is 43.9 Å². The van der Waals surface area contributed by atoms with Crippen LogP contribution in [0.15, 0.2) is 0 Å². The first kappa shape index (κ1) is 12.4. The Hall–Kier alpha value is -0.0400. The molecule has 3 atom stereocenters. The van der Waals surface area contributed by atoms with Crippen LogP contribution in [0.3, 0.4) is 0 Å². The first-order valence-corrected chi connectivity index (χ1v) is 7.51. The van der Waals surface area contributed by atoms with Gasteiger partial charge in [0.25, 0.3) is 0 Å². The molecule has 1 N–H and O–H groups in total. The fourth-order valence-corrected chi connectivity index (χ4v) is 3.66. The van der Waals surface area contributed by atoms with Crippen LogP contribution in [-0.4, -0.2) is 12.1 Å². The lowest BCUT2D eigenvalue weighted by Gasteiger charge is -2.36. The van der Waals surface area contributed by atoms with Crippen LogP contribution in [0.1, 0.15) is 71.6 Å². The van der Waals surface area contributed by atoms with Gasteiger partial charge in [-0.15, -0.1) is 0 Å². The Balaban J connectivity index is 1.79. The van der Waals surface area contributed by atoms with Gasteiger partial charge in [-0.3, -0.25) is 0 Å². The zero-order valence-electron chi connectivity index (χ0n) is 11.2. The van der Waals surface area contributed by atoms with Gasteiger partial charge in [-0.1, -0.05) is 39.5 Å². The first-order chi connectivity index (χ1) is 7.75. The topological polar surface area (TPSA) is 12.0 Å². The number of hydrogen-bond donors (Lipinski definition) is 1. The average molecular weight is 223 g/mol. The van der Waals surface area contributed by atoms with E-state index in [1.54, 1.807) is 0 Å². The van der Waals surface area contributed by atoms with Crippen LogP contribution >= 0.6 is 0 Å². The fraction of sp³-hybridized carbons (Fsp3) is 1.00. The van der Waals surface area contributed by atoms with E-state index in [9.17, 15) is 0 Å². The minimum Gasteiger partial charge on any atom is -0.311 e. The summed E-state index contributed by atoms with van der Waals surface area (Å²) in [7, 11) is 0. The monoisotopic (exact) mass is 223 g/mol. The van der Waals surface area contributed by atoms with Crippen molar-refractivity contribution in [2.75, 3.05) is 0 Å². The van der Waals surface area contributed by atoms with E-state index in [2.05, 4.69) is 19.2 Å². The van der Waals surface area contributed by atoms with E-state index in [-0.39, 0.29) is 0 Å². The molecule has 0 saturated heterocycles. The van der Waals surface area contributed by atoms with E-state index in [1.165, 1.54) is 57.8 Å². The van der Waals surface area contributed by atoms with E-state index in [4.69, 9.17) is 0 Å². The zero-order valence-corrected chi connectivity index (χ0v) is 11.2. The van der Waals surface area contributed by atoms with Crippen molar-refractivity contribution in [1.82, 2.24) is 5.32 Å². The third-order valence-electron chi connectivity index (χ3n) is 4.74. The first-order valence-electron chi connectivity index (χ1n) is 7.51. The molecule has 2 aliphatic carbocycles. The van der Waals surface area contributed by atoms with Crippen LogP contribution < -0.4 is 5.32 Å². The Bertz CT molecular complexity index is 194. The van der Waals surface area contributed by atoms with Crippen LogP contribution in [0, 0.1) is 11.8 Å². The van der Waals surface area contributed by atoms with E-state index in [0.717, 1.165) is 23.9 Å². The Morgan fingerprint density at radius 2 is 1.50 bits per heavy atom. The maximum absolute atomic E-state index is 3.97. The van der Waals surface area contributed by atoms with E-state index >= 15 is 0 Å². The molecule has 2 aliphatic rings. The molecule has 94 valence electrons. The smallest absolute Gasteiger partial charge is 0.00954 e. The average Bonchev–Trinajstić information content (AvgIpc) is 2.51. The SMILES string of the molecule is CC1CCC(NC2CCCCCC2)C(C)C1. The standard InChI is InChI=1S/C15H29N/c1-12-9-10-15(13(2)11-12)16-14-7-5-3-4-6-8-14/h12-16H,3-11H2,1-2H3. The van der Waals surface area contributed by atoms with Crippen molar-refractivity contribution in [3.05, 3.63) is 0 Å². The van der Waals surface area contributed by atoms with Gasteiger partial charge in [0.05, 0.1) is 0 Å². The highest BCUT2D eigenvalue weighted by Gasteiger charge is 2.27. The summed E-state index contributed by atoms with van der Waals surface area (Å²) in [5, 5.41) is 3.97. The van der Waals surface area contributed by atoms with Gasteiger partial charge in [-0.25, -0.2) is 0 Å². The number of nitrogens with one attached hydrogen (secondary N) is 1. The second-order valence-electron chi connectivity index (χ2n) is 6.36. The van der Waals surface area contributed by atoms with Gasteiger partial charge in [0.15, 0.2) is 0 Å². The molecule has 0 aromatic rings. The molecule has 1 nitrogen and oxygen atoms in total. The van der Waals surface area contributed by atoms with E-state index in [1.807, 2.05) is 0 Å². The van der Waals surface area contributed by atoms with Gasteiger partial charge < -0.3 is 5.32 Å². The van der Waals surface area contributed by atoms with Crippen molar-refractivity contribution in [3.63, 3.8) is 0 Å². The summed E-state index contributed by atoms with van der Waals surface area (Å²) < 4.78 is 0. The van der Waals surface area contributed by atoms with Crippen molar-refractivity contribution < 1.29 is 0 Å². The molecule has 0 aliphatic heterocycles. The predicted molar refractivity (Wildman–Crippen MR) is 70.6 cm³/mol. The second-order valence-corrected chi connectivity index (χ2v) is 6.36. The van der Waals surface area contributed by atoms with Gasteiger partial charge >= 0.3 is 0 Å². The highest BCUT2D eigenvalue weighted by molar-refractivity contribution is 4.84. The Morgan fingerprint density at radius 3 is 2.12 bits per heavy atom. The van der Waals surface area contributed by atoms with Crippen LogP contribution in [0.25, 0.3) is 0 Å². The van der Waals surface area contributed by atoms with E-state index < -0.39 is 0 Å². The summed E-state index contributed by atoms with van der Waals surface area (Å²) in [4.78, 5) is 0. The minimum atomic E-state index is 0.819. The molecule has 1 heteroatoms. The lowest BCUT2D eigenvalue weighted by molar-refractivity contribution is 0.208. The summed E-state index contributed by atoms with van der Waals surface area (Å²) in [5.74, 6) is 1.86. The van der Waals surface area contributed by atoms with Gasteiger partial charge in [0.2, 0.25) is 0 Å². The Morgan fingerprint density at radius 1 is 0.812 bits per heavy atom. The van der Waals surface area contributed by atoms with Crippen molar-refractivity contribution in [2.45, 2.75) is 83.7 Å². The molecular weight excluding hydrogens is 194 g/mol. The lowest BCUT2D eigenvalue weighted by atomic mass is 9.79. The zero-order chi connectivity index (χ0) is 11.4. The molecular formula is C15H29N. The maximum atomic E-state index is 3.97. The molecule has 0 aromatic heterocycles. The normalized spacial score (nSPS) is 38.2. The molecule has 16 heavy (non-hydrogen) atoms. The minimum absolute atomic E-state index is 0.819. The largest absolute Gasteiger partial charge is 0.311 e. The van der Waals surface area contributed by atoms with Crippen molar-refractivity contribution >= 4 is 0 Å². The number of hydrogen-bond acceptors (Lipinski definition) is 1. The highest BCUT2D eigenvalue weighted by Crippen LogP contribution is 2.30. The second kappa shape index (κ2) is 6.05. The van der Waals surface area contributed by atoms with E-state index in [0.29, 0.717) is 0 Å². The summed E-state index contributed by atoms with van der Waals surface area (Å²) >= 11 is 0. The molecule has 3 unspecified atom stereocenters. The van der Waals surface area contributed by atoms with Crippen molar-refractivity contribution in [3.8, 4) is 0 Å².